The molecular formula is C4H11I4N2Pb. The first-order valence-corrected chi connectivity index (χ1v) is 46.6. The van der Waals surface area contributed by atoms with Crippen molar-refractivity contribution in [3.05, 3.63) is 6.92 Å². The van der Waals surface area contributed by atoms with Crippen LogP contribution in [0.3, 0.4) is 0 Å². The maximum atomic E-state index is 5.14. The Labute approximate surface area is 109 Å². The summed E-state index contributed by atoms with van der Waals surface area (Å²) in [5, 5.41) is 0. The van der Waals surface area contributed by atoms with Gasteiger partial charge in [-0.3, -0.25) is 0 Å². The van der Waals surface area contributed by atoms with E-state index in [4.69, 9.17) is 11.5 Å². The summed E-state index contributed by atoms with van der Waals surface area (Å²) in [6, 6.07) is 0. The molecule has 0 aromatic heterocycles. The van der Waals surface area contributed by atoms with E-state index in [9.17, 15) is 0 Å². The van der Waals surface area contributed by atoms with Crippen LogP contribution in [-0.4, -0.2) is 10.2 Å². The second-order valence-electron chi connectivity index (χ2n) is 1.73. The summed E-state index contributed by atoms with van der Waals surface area (Å²) in [5.74, 6) is 0. The third kappa shape index (κ3) is 41.6. The van der Waals surface area contributed by atoms with E-state index in [2.05, 4.69) is 78.0 Å². The van der Waals surface area contributed by atoms with Crippen LogP contribution in [0.15, 0.2) is 0 Å². The zero-order chi connectivity index (χ0) is 9.49. The van der Waals surface area contributed by atoms with E-state index in [1.807, 2.05) is 0 Å². The first kappa shape index (κ1) is 17.2. The van der Waals surface area contributed by atoms with Gasteiger partial charge in [-0.2, -0.15) is 0 Å². The van der Waals surface area contributed by atoms with Gasteiger partial charge in [0.15, 0.2) is 0 Å². The van der Waals surface area contributed by atoms with Gasteiger partial charge in [-0.15, -0.1) is 0 Å². The van der Waals surface area contributed by atoms with Crippen LogP contribution in [0.2, 0.25) is 0 Å². The number of hydrogen-bond donors (Lipinski definition) is 2. The van der Waals surface area contributed by atoms with E-state index in [-0.39, 0.29) is 6.17 Å². The van der Waals surface area contributed by atoms with Crippen LogP contribution in [0.5, 0.6) is 0 Å². The summed E-state index contributed by atoms with van der Waals surface area (Å²) in [6.45, 7) is 3.57. The Morgan fingerprint density at radius 3 is 1.45 bits per heavy atom. The molecule has 4 N–H and O–H groups in total. The number of rotatable bonds is 2. The number of nitrogens with two attached hydrogens (primary N) is 2. The van der Waals surface area contributed by atoms with Gasteiger partial charge in [0.05, 0.1) is 6.17 Å². The normalized spacial score (nSPS) is 10.9. The topological polar surface area (TPSA) is 52.0 Å². The molecule has 0 rings (SSSR count). The van der Waals surface area contributed by atoms with Crippen molar-refractivity contribution in [2.75, 3.05) is 0 Å². The molecule has 0 bridgehead atoms. The van der Waals surface area contributed by atoms with Crippen LogP contribution in [0.4, 0.5) is 0 Å². The van der Waals surface area contributed by atoms with E-state index < -0.39 is 4.00 Å². The zero-order valence-electron chi connectivity index (χ0n) is 5.87. The molecule has 0 heterocycles. The van der Waals surface area contributed by atoms with Gasteiger partial charge in [-0.25, -0.2) is 0 Å². The monoisotopic (exact) mass is 803 g/mol. The van der Waals surface area contributed by atoms with Gasteiger partial charge < -0.3 is 11.5 Å². The average Bonchev–Trinajstić information content (AvgIpc) is 1.58. The molecule has 0 spiro atoms. The Balaban J connectivity index is 0. The fraction of sp³-hybridized carbons (Fsp3) is 0.750. The summed E-state index contributed by atoms with van der Waals surface area (Å²) in [6.07, 6.45) is 1.49. The molecule has 69 valence electrons. The Hall–Kier alpha value is 3.76. The second-order valence-corrected chi connectivity index (χ2v) is 171. The van der Waals surface area contributed by atoms with Crippen molar-refractivity contribution in [3.8, 4) is 0 Å². The molecule has 2 nitrogen and oxygen atoms in total. The van der Waals surface area contributed by atoms with Gasteiger partial charge >= 0.3 is 75.0 Å². The van der Waals surface area contributed by atoms with Gasteiger partial charge in [0.2, 0.25) is 0 Å². The first-order chi connectivity index (χ1) is 4.77. The van der Waals surface area contributed by atoms with Gasteiger partial charge in [-0.05, 0) is 6.42 Å². The number of hydrogen-bond acceptors (Lipinski definition) is 2. The summed E-state index contributed by atoms with van der Waals surface area (Å²) in [7, 11) is 0. The van der Waals surface area contributed by atoms with Crippen LogP contribution in [0.1, 0.15) is 12.8 Å². The fourth-order valence-electron chi connectivity index (χ4n) is 0.236. The van der Waals surface area contributed by atoms with Crippen molar-refractivity contribution in [2.24, 2.45) is 11.5 Å². The molecule has 0 fully saturated rings. The molecule has 0 aromatic rings. The fourth-order valence-corrected chi connectivity index (χ4v) is 0.236. The van der Waals surface area contributed by atoms with E-state index in [0.717, 1.165) is 12.8 Å². The van der Waals surface area contributed by atoms with E-state index >= 15 is 0 Å². The van der Waals surface area contributed by atoms with E-state index in [1.165, 1.54) is 0 Å². The van der Waals surface area contributed by atoms with Crippen LogP contribution in [0, 0.1) is 6.92 Å². The Morgan fingerprint density at radius 2 is 1.45 bits per heavy atom. The predicted octanol–water partition coefficient (Wildman–Crippen LogP) is 3.01. The van der Waals surface area contributed by atoms with E-state index in [1.54, 1.807) is 0 Å². The third-order valence-electron chi connectivity index (χ3n) is 0.537. The molecule has 0 aliphatic rings. The molecule has 1 radical (unpaired) electrons. The van der Waals surface area contributed by atoms with Gasteiger partial charge in [-0.1, -0.05) is 13.3 Å². The first-order valence-electron chi connectivity index (χ1n) is 2.83. The van der Waals surface area contributed by atoms with Crippen LogP contribution < -0.4 is 11.5 Å². The van der Waals surface area contributed by atoms with Crippen LogP contribution in [0.25, 0.3) is 0 Å². The quantitative estimate of drug-likeness (QED) is 0.257. The summed E-state index contributed by atoms with van der Waals surface area (Å²) in [5.41, 5.74) is 10.3. The predicted molar refractivity (Wildman–Crippen MR) is 88.6 cm³/mol. The summed E-state index contributed by atoms with van der Waals surface area (Å²) >= 11 is 10.2. The number of halogens is 4. The standard InChI is InChI=1S/C4H11N2.4HI.Pb/c1-2-3-4(5)6;;;;;/h4H,1-3,5-6H2;4*1H;/q;;;;;+4/p-4. The van der Waals surface area contributed by atoms with Gasteiger partial charge in [0, 0.05) is 0 Å². The SMILES string of the molecule is [CH2]CCC(N)N.[I][Pb]([I])([I])[I]. The van der Waals surface area contributed by atoms with Crippen molar-refractivity contribution in [3.63, 3.8) is 0 Å². The molecular weight excluding hydrogens is 791 g/mol. The molecule has 11 heavy (non-hydrogen) atoms. The van der Waals surface area contributed by atoms with Gasteiger partial charge in [0.1, 0.15) is 0 Å². The molecule has 0 saturated heterocycles. The molecule has 0 unspecified atom stereocenters. The van der Waals surface area contributed by atoms with E-state index in [0.29, 0.717) is 0 Å². The second kappa shape index (κ2) is 10.3. The minimum atomic E-state index is -1.40. The van der Waals surface area contributed by atoms with Crippen LogP contribution >= 0.6 is 71.0 Å². The van der Waals surface area contributed by atoms with Crippen LogP contribution in [-0.2, 0) is 0 Å². The van der Waals surface area contributed by atoms with Crippen molar-refractivity contribution in [1.82, 2.24) is 0 Å². The third-order valence-corrected chi connectivity index (χ3v) is 0.537. The molecule has 0 amide bonds. The average molecular weight is 802 g/mol. The Bertz CT molecular complexity index is 78.7. The molecule has 0 aromatic carbocycles. The van der Waals surface area contributed by atoms with Crippen molar-refractivity contribution in [2.45, 2.75) is 19.0 Å². The van der Waals surface area contributed by atoms with Crippen molar-refractivity contribution >= 4 is 75.0 Å². The van der Waals surface area contributed by atoms with Crippen molar-refractivity contribution < 1.29 is 0 Å². The summed E-state index contributed by atoms with van der Waals surface area (Å²) < 4.78 is -1.40. The van der Waals surface area contributed by atoms with Gasteiger partial charge in [0.25, 0.3) is 0 Å². The zero-order valence-corrected chi connectivity index (χ0v) is 18.4. The Morgan fingerprint density at radius 1 is 1.18 bits per heavy atom. The molecule has 0 atom stereocenters. The Kier molecular flexibility index (Phi) is 16.1. The molecule has 0 aliphatic heterocycles. The summed E-state index contributed by atoms with van der Waals surface area (Å²) in [4.78, 5) is 0. The molecule has 0 aliphatic carbocycles. The minimum absolute atomic E-state index is 0.164. The molecule has 7 heteroatoms. The molecule has 0 saturated carbocycles. The van der Waals surface area contributed by atoms with Crippen molar-refractivity contribution in [1.29, 1.82) is 0 Å². The maximum absolute atomic E-state index is 5.14.